The van der Waals surface area contributed by atoms with Crippen LogP contribution < -0.4 is 10.2 Å². The van der Waals surface area contributed by atoms with Crippen molar-refractivity contribution in [3.63, 3.8) is 0 Å². The molecule has 0 radical (unpaired) electrons. The van der Waals surface area contributed by atoms with Crippen LogP contribution in [0.5, 0.6) is 0 Å². The van der Waals surface area contributed by atoms with Crippen LogP contribution in [0.4, 0.5) is 24.5 Å². The number of amides is 1. The molecule has 0 saturated carbocycles. The number of morpholine rings is 1. The van der Waals surface area contributed by atoms with Crippen molar-refractivity contribution in [3.8, 4) is 0 Å². The summed E-state index contributed by atoms with van der Waals surface area (Å²) in [4.78, 5) is 31.3. The molecular weight excluding hydrogens is 453 g/mol. The number of alkyl halides is 3. The highest BCUT2D eigenvalue weighted by Gasteiger charge is 2.32. The number of aromatic nitrogens is 2. The molecule has 34 heavy (non-hydrogen) atoms. The molecule has 1 amide bonds. The van der Waals surface area contributed by atoms with Crippen LogP contribution in [0, 0.1) is 6.92 Å². The number of hydrogen-bond donors (Lipinski definition) is 1. The molecule has 4 rings (SSSR count). The lowest BCUT2D eigenvalue weighted by Crippen LogP contribution is -2.37. The molecule has 1 atom stereocenters. The van der Waals surface area contributed by atoms with E-state index in [2.05, 4.69) is 10.3 Å². The van der Waals surface area contributed by atoms with E-state index in [4.69, 9.17) is 9.47 Å². The summed E-state index contributed by atoms with van der Waals surface area (Å²) >= 11 is 0. The second-order valence-corrected chi connectivity index (χ2v) is 7.89. The largest absolute Gasteiger partial charge is 0.448 e. The van der Waals surface area contributed by atoms with Gasteiger partial charge in [0.25, 0.3) is 5.91 Å². The normalized spacial score (nSPS) is 15.3. The number of esters is 1. The number of rotatable bonds is 5. The number of aryl methyl sites for hydroxylation is 1. The number of benzene rings is 1. The lowest BCUT2D eigenvalue weighted by atomic mass is 10.1. The monoisotopic (exact) mass is 476 g/mol. The second-order valence-electron chi connectivity index (χ2n) is 7.89. The second kappa shape index (κ2) is 9.34. The zero-order chi connectivity index (χ0) is 24.5. The standard InChI is InChI=1S/C23H23F3N4O4/c1-14-4-3-5-20-27-18(13-30(14)20)22(32)34-15(2)21(31)28-17-12-16(23(24,25)26)6-7-19(17)29-8-10-33-11-9-29/h3-7,12-13,15H,8-11H2,1-2H3,(H,28,31)/t15-/m1/s1. The molecule has 2 aromatic heterocycles. The highest BCUT2D eigenvalue weighted by Crippen LogP contribution is 2.36. The minimum atomic E-state index is -4.58. The van der Waals surface area contributed by atoms with E-state index in [0.717, 1.165) is 17.8 Å². The maximum absolute atomic E-state index is 13.3. The first-order valence-corrected chi connectivity index (χ1v) is 10.6. The van der Waals surface area contributed by atoms with E-state index >= 15 is 0 Å². The minimum absolute atomic E-state index is 0.0158. The Morgan fingerprint density at radius 2 is 1.91 bits per heavy atom. The number of hydrogen-bond acceptors (Lipinski definition) is 6. The predicted octanol–water partition coefficient (Wildman–Crippen LogP) is 3.68. The van der Waals surface area contributed by atoms with Gasteiger partial charge < -0.3 is 24.1 Å². The van der Waals surface area contributed by atoms with Crippen molar-refractivity contribution in [2.24, 2.45) is 0 Å². The third-order valence-electron chi connectivity index (χ3n) is 5.49. The zero-order valence-corrected chi connectivity index (χ0v) is 18.6. The molecule has 1 fully saturated rings. The van der Waals surface area contributed by atoms with Crippen molar-refractivity contribution in [1.82, 2.24) is 9.38 Å². The SMILES string of the molecule is Cc1cccc2nc(C(=O)O[C@H](C)C(=O)Nc3cc(C(F)(F)F)ccc3N3CCOCC3)cn12. The Balaban J connectivity index is 1.52. The van der Waals surface area contributed by atoms with Gasteiger partial charge in [-0.2, -0.15) is 13.2 Å². The molecule has 1 saturated heterocycles. The first-order chi connectivity index (χ1) is 16.1. The Bertz CT molecular complexity index is 1220. The van der Waals surface area contributed by atoms with E-state index < -0.39 is 29.7 Å². The van der Waals surface area contributed by atoms with E-state index in [9.17, 15) is 22.8 Å². The summed E-state index contributed by atoms with van der Waals surface area (Å²) in [5.74, 6) is -1.58. The summed E-state index contributed by atoms with van der Waals surface area (Å²) in [7, 11) is 0. The number of carbonyl (C=O) groups is 2. The van der Waals surface area contributed by atoms with Crippen LogP contribution in [0.1, 0.15) is 28.7 Å². The summed E-state index contributed by atoms with van der Waals surface area (Å²) in [6.45, 7) is 4.96. The van der Waals surface area contributed by atoms with Gasteiger partial charge in [-0.3, -0.25) is 4.79 Å². The van der Waals surface area contributed by atoms with Crippen LogP contribution in [0.2, 0.25) is 0 Å². The molecule has 1 aromatic carbocycles. The molecule has 1 N–H and O–H groups in total. The van der Waals surface area contributed by atoms with Crippen LogP contribution in [-0.2, 0) is 20.4 Å². The Labute approximate surface area is 193 Å². The van der Waals surface area contributed by atoms with Crippen molar-refractivity contribution in [2.45, 2.75) is 26.1 Å². The molecule has 8 nitrogen and oxygen atoms in total. The lowest BCUT2D eigenvalue weighted by molar-refractivity contribution is -0.137. The van der Waals surface area contributed by atoms with Crippen LogP contribution >= 0.6 is 0 Å². The molecule has 11 heteroatoms. The number of nitrogens with one attached hydrogen (secondary N) is 1. The first-order valence-electron chi connectivity index (χ1n) is 10.6. The maximum Gasteiger partial charge on any atom is 0.416 e. The molecule has 1 aliphatic rings. The van der Waals surface area contributed by atoms with Crippen LogP contribution in [0.25, 0.3) is 5.65 Å². The number of ether oxygens (including phenoxy) is 2. The van der Waals surface area contributed by atoms with Gasteiger partial charge in [0.05, 0.1) is 30.2 Å². The first kappa shape index (κ1) is 23.6. The fourth-order valence-corrected chi connectivity index (χ4v) is 3.65. The van der Waals surface area contributed by atoms with Crippen molar-refractivity contribution < 1.29 is 32.2 Å². The molecule has 0 aliphatic carbocycles. The highest BCUT2D eigenvalue weighted by atomic mass is 19.4. The van der Waals surface area contributed by atoms with E-state index in [0.29, 0.717) is 37.6 Å². The third-order valence-corrected chi connectivity index (χ3v) is 5.49. The molecule has 1 aliphatic heterocycles. The number of fused-ring (bicyclic) bond motifs is 1. The summed E-state index contributed by atoms with van der Waals surface area (Å²) in [6, 6.07) is 8.53. The molecule has 0 bridgehead atoms. The molecule has 3 heterocycles. The molecule has 180 valence electrons. The van der Waals surface area contributed by atoms with E-state index in [1.54, 1.807) is 16.5 Å². The third kappa shape index (κ3) is 4.98. The number of halogens is 3. The Morgan fingerprint density at radius 3 is 2.59 bits per heavy atom. The predicted molar refractivity (Wildman–Crippen MR) is 118 cm³/mol. The van der Waals surface area contributed by atoms with Crippen LogP contribution in [0.3, 0.4) is 0 Å². The van der Waals surface area contributed by atoms with Gasteiger partial charge in [0.15, 0.2) is 11.8 Å². The van der Waals surface area contributed by atoms with Gasteiger partial charge in [0, 0.05) is 25.0 Å². The zero-order valence-electron chi connectivity index (χ0n) is 18.6. The van der Waals surface area contributed by atoms with Gasteiger partial charge in [0.2, 0.25) is 0 Å². The van der Waals surface area contributed by atoms with E-state index in [1.165, 1.54) is 19.2 Å². The van der Waals surface area contributed by atoms with Gasteiger partial charge in [-0.1, -0.05) is 6.07 Å². The van der Waals surface area contributed by atoms with Gasteiger partial charge in [0.1, 0.15) is 5.65 Å². The maximum atomic E-state index is 13.3. The van der Waals surface area contributed by atoms with Crippen molar-refractivity contribution in [2.75, 3.05) is 36.5 Å². The fraction of sp³-hybridized carbons (Fsp3) is 0.348. The van der Waals surface area contributed by atoms with Crippen molar-refractivity contribution >= 4 is 28.9 Å². The smallest absolute Gasteiger partial charge is 0.416 e. The number of anilines is 2. The Hall–Kier alpha value is -3.60. The summed E-state index contributed by atoms with van der Waals surface area (Å²) < 4.78 is 52.1. The minimum Gasteiger partial charge on any atom is -0.448 e. The summed E-state index contributed by atoms with van der Waals surface area (Å²) in [5.41, 5.74) is 0.928. The van der Waals surface area contributed by atoms with Gasteiger partial charge in [-0.05, 0) is 44.2 Å². The average molecular weight is 476 g/mol. The topological polar surface area (TPSA) is 85.2 Å². The Morgan fingerprint density at radius 1 is 1.18 bits per heavy atom. The van der Waals surface area contributed by atoms with Gasteiger partial charge in [-0.15, -0.1) is 0 Å². The number of carbonyl (C=O) groups excluding carboxylic acids is 2. The summed E-state index contributed by atoms with van der Waals surface area (Å²) in [5, 5.41) is 2.49. The average Bonchev–Trinajstić information content (AvgIpc) is 3.25. The molecule has 0 spiro atoms. The van der Waals surface area contributed by atoms with Gasteiger partial charge in [-0.25, -0.2) is 9.78 Å². The highest BCUT2D eigenvalue weighted by molar-refractivity contribution is 5.99. The van der Waals surface area contributed by atoms with E-state index in [1.807, 2.05) is 17.9 Å². The molecular formula is C23H23F3N4O4. The van der Waals surface area contributed by atoms with E-state index in [-0.39, 0.29) is 11.4 Å². The fourth-order valence-electron chi connectivity index (χ4n) is 3.65. The van der Waals surface area contributed by atoms with Crippen molar-refractivity contribution in [1.29, 1.82) is 0 Å². The molecule has 0 unspecified atom stereocenters. The number of nitrogens with zero attached hydrogens (tertiary/aromatic N) is 3. The number of imidazole rings is 1. The summed E-state index contributed by atoms with van der Waals surface area (Å²) in [6.07, 6.45) is -4.35. The van der Waals surface area contributed by atoms with Gasteiger partial charge >= 0.3 is 12.1 Å². The quantitative estimate of drug-likeness (QED) is 0.566. The number of pyridine rings is 1. The van der Waals surface area contributed by atoms with Crippen molar-refractivity contribution in [3.05, 3.63) is 59.5 Å². The van der Waals surface area contributed by atoms with Crippen LogP contribution in [0.15, 0.2) is 42.6 Å². The molecule has 3 aromatic rings. The lowest BCUT2D eigenvalue weighted by Gasteiger charge is -2.31. The Kier molecular flexibility index (Phi) is 6.47. The van der Waals surface area contributed by atoms with Crippen LogP contribution in [-0.4, -0.2) is 53.7 Å².